The van der Waals surface area contributed by atoms with Crippen molar-refractivity contribution in [2.24, 2.45) is 5.41 Å². The Morgan fingerprint density at radius 3 is 2.68 bits per heavy atom. The lowest BCUT2D eigenvalue weighted by Gasteiger charge is -2.30. The molecule has 0 saturated heterocycles. The number of aliphatic hydroxyl groups is 2. The van der Waals surface area contributed by atoms with E-state index in [9.17, 15) is 15.0 Å². The van der Waals surface area contributed by atoms with Crippen molar-refractivity contribution in [2.75, 3.05) is 26.8 Å². The molecule has 0 spiro atoms. The molecule has 0 saturated carbocycles. The first-order chi connectivity index (χ1) is 10.4. The van der Waals surface area contributed by atoms with Gasteiger partial charge in [-0.25, -0.2) is 4.98 Å². The molecule has 0 aliphatic carbocycles. The fourth-order valence-corrected chi connectivity index (χ4v) is 2.52. The monoisotopic (exact) mass is 305 g/mol. The predicted octanol–water partition coefficient (Wildman–Crippen LogP) is 0.426. The average Bonchev–Trinajstić information content (AvgIpc) is 2.48. The third-order valence-electron chi connectivity index (χ3n) is 3.79. The van der Waals surface area contributed by atoms with Gasteiger partial charge >= 0.3 is 0 Å². The van der Waals surface area contributed by atoms with Gasteiger partial charge in [-0.15, -0.1) is 0 Å². The van der Waals surface area contributed by atoms with Gasteiger partial charge in [0.1, 0.15) is 5.65 Å². The number of pyridine rings is 1. The molecule has 0 fully saturated rings. The first kappa shape index (κ1) is 16.6. The minimum Gasteiger partial charge on any atom is -0.396 e. The molecule has 0 amide bonds. The van der Waals surface area contributed by atoms with E-state index in [-0.39, 0.29) is 18.8 Å². The largest absolute Gasteiger partial charge is 0.396 e. The summed E-state index contributed by atoms with van der Waals surface area (Å²) in [6, 6.07) is 5.27. The molecule has 0 aliphatic rings. The topological polar surface area (TPSA) is 78.1 Å². The van der Waals surface area contributed by atoms with E-state index in [1.165, 1.54) is 10.5 Å². The molecule has 0 bridgehead atoms. The maximum Gasteiger partial charge on any atom is 0.258 e. The summed E-state index contributed by atoms with van der Waals surface area (Å²) in [6.07, 6.45) is 1.71. The first-order valence-corrected chi connectivity index (χ1v) is 7.27. The Labute approximate surface area is 129 Å². The third kappa shape index (κ3) is 3.52. The summed E-state index contributed by atoms with van der Waals surface area (Å²) in [7, 11) is 1.88. The molecule has 0 radical (unpaired) electrons. The van der Waals surface area contributed by atoms with Gasteiger partial charge in [0.2, 0.25) is 0 Å². The van der Waals surface area contributed by atoms with E-state index in [0.29, 0.717) is 24.4 Å². The van der Waals surface area contributed by atoms with E-state index < -0.39 is 5.41 Å². The summed E-state index contributed by atoms with van der Waals surface area (Å²) in [5, 5.41) is 18.7. The lowest BCUT2D eigenvalue weighted by Crippen LogP contribution is -2.39. The Bertz CT molecular complexity index is 707. The molecule has 0 unspecified atom stereocenters. The Balaban J connectivity index is 2.25. The highest BCUT2D eigenvalue weighted by molar-refractivity contribution is 5.46. The van der Waals surface area contributed by atoms with Gasteiger partial charge in [0.15, 0.2) is 0 Å². The average molecular weight is 305 g/mol. The number of fused-ring (bicyclic) bond motifs is 1. The van der Waals surface area contributed by atoms with E-state index in [4.69, 9.17) is 0 Å². The first-order valence-electron chi connectivity index (χ1n) is 7.27. The van der Waals surface area contributed by atoms with Gasteiger partial charge < -0.3 is 10.2 Å². The molecule has 6 heteroatoms. The van der Waals surface area contributed by atoms with Crippen LogP contribution in [0.4, 0.5) is 0 Å². The standard InChI is InChI=1S/C16H23N3O3/c1-12-5-4-6-19-14(22)7-13(17-15(12)19)8-18(3)9-16(2,10-20)11-21/h4-7,20-21H,8-11H2,1-3H3. The highest BCUT2D eigenvalue weighted by Crippen LogP contribution is 2.16. The summed E-state index contributed by atoms with van der Waals surface area (Å²) < 4.78 is 1.53. The zero-order chi connectivity index (χ0) is 16.3. The van der Waals surface area contributed by atoms with Gasteiger partial charge in [0, 0.05) is 30.8 Å². The fraction of sp³-hybridized carbons (Fsp3) is 0.500. The van der Waals surface area contributed by atoms with Gasteiger partial charge in [0.05, 0.1) is 18.9 Å². The van der Waals surface area contributed by atoms with Crippen LogP contribution in [0.1, 0.15) is 18.2 Å². The third-order valence-corrected chi connectivity index (χ3v) is 3.79. The molecule has 120 valence electrons. The molecular formula is C16H23N3O3. The van der Waals surface area contributed by atoms with Crippen LogP contribution >= 0.6 is 0 Å². The number of nitrogens with zero attached hydrogens (tertiary/aromatic N) is 3. The highest BCUT2D eigenvalue weighted by atomic mass is 16.3. The maximum atomic E-state index is 12.2. The predicted molar refractivity (Wildman–Crippen MR) is 84.8 cm³/mol. The van der Waals surface area contributed by atoms with Gasteiger partial charge in [-0.3, -0.25) is 14.1 Å². The quantitative estimate of drug-likeness (QED) is 0.809. The van der Waals surface area contributed by atoms with Gasteiger partial charge in [-0.2, -0.15) is 0 Å². The second-order valence-corrected chi connectivity index (χ2v) is 6.27. The zero-order valence-electron chi connectivity index (χ0n) is 13.3. The van der Waals surface area contributed by atoms with Crippen molar-refractivity contribution in [2.45, 2.75) is 20.4 Å². The molecule has 0 aliphatic heterocycles. The van der Waals surface area contributed by atoms with Crippen molar-refractivity contribution in [1.82, 2.24) is 14.3 Å². The van der Waals surface area contributed by atoms with Crippen molar-refractivity contribution in [3.8, 4) is 0 Å². The molecule has 2 aromatic heterocycles. The van der Waals surface area contributed by atoms with Crippen LogP contribution < -0.4 is 5.56 Å². The van der Waals surface area contributed by atoms with Crippen LogP contribution in [0.3, 0.4) is 0 Å². The van der Waals surface area contributed by atoms with Crippen LogP contribution in [0.15, 0.2) is 29.2 Å². The van der Waals surface area contributed by atoms with Gasteiger partial charge in [-0.1, -0.05) is 13.0 Å². The van der Waals surface area contributed by atoms with Crippen LogP contribution in [0, 0.1) is 12.3 Å². The maximum absolute atomic E-state index is 12.2. The van der Waals surface area contributed by atoms with Crippen LogP contribution in [-0.2, 0) is 6.54 Å². The normalized spacial score (nSPS) is 12.3. The number of hydrogen-bond donors (Lipinski definition) is 2. The van der Waals surface area contributed by atoms with E-state index >= 15 is 0 Å². The lowest BCUT2D eigenvalue weighted by molar-refractivity contribution is 0.0399. The Kier molecular flexibility index (Phi) is 4.95. The van der Waals surface area contributed by atoms with E-state index in [1.54, 1.807) is 6.20 Å². The molecule has 2 heterocycles. The van der Waals surface area contributed by atoms with Crippen LogP contribution in [0.2, 0.25) is 0 Å². The lowest BCUT2D eigenvalue weighted by atomic mass is 9.92. The van der Waals surface area contributed by atoms with Crippen LogP contribution in [0.25, 0.3) is 5.65 Å². The van der Waals surface area contributed by atoms with Crippen molar-refractivity contribution >= 4 is 5.65 Å². The number of hydrogen-bond acceptors (Lipinski definition) is 5. The van der Waals surface area contributed by atoms with Crippen LogP contribution in [-0.4, -0.2) is 51.3 Å². The van der Waals surface area contributed by atoms with E-state index in [2.05, 4.69) is 4.98 Å². The van der Waals surface area contributed by atoms with Gasteiger partial charge in [0.25, 0.3) is 5.56 Å². The second-order valence-electron chi connectivity index (χ2n) is 6.27. The van der Waals surface area contributed by atoms with E-state index in [1.807, 2.05) is 37.9 Å². The summed E-state index contributed by atoms with van der Waals surface area (Å²) in [5.74, 6) is 0. The second kappa shape index (κ2) is 6.56. The number of aromatic nitrogens is 2. The summed E-state index contributed by atoms with van der Waals surface area (Å²) in [4.78, 5) is 18.7. The van der Waals surface area contributed by atoms with Crippen molar-refractivity contribution in [3.63, 3.8) is 0 Å². The van der Waals surface area contributed by atoms with Crippen molar-refractivity contribution in [1.29, 1.82) is 0 Å². The zero-order valence-corrected chi connectivity index (χ0v) is 13.3. The Morgan fingerprint density at radius 1 is 1.36 bits per heavy atom. The molecule has 6 nitrogen and oxygen atoms in total. The number of rotatable bonds is 6. The molecule has 2 aromatic rings. The number of aliphatic hydroxyl groups excluding tert-OH is 2. The summed E-state index contributed by atoms with van der Waals surface area (Å²) in [6.45, 7) is 4.53. The minimum atomic E-state index is -0.573. The molecule has 0 aromatic carbocycles. The fourth-order valence-electron chi connectivity index (χ4n) is 2.52. The SMILES string of the molecule is Cc1cccn2c(=O)cc(CN(C)CC(C)(CO)CO)nc12. The Morgan fingerprint density at radius 2 is 2.05 bits per heavy atom. The minimum absolute atomic E-state index is 0.0965. The highest BCUT2D eigenvalue weighted by Gasteiger charge is 2.24. The molecule has 0 atom stereocenters. The summed E-state index contributed by atoms with van der Waals surface area (Å²) >= 11 is 0. The Hall–Kier alpha value is -1.76. The van der Waals surface area contributed by atoms with Crippen LogP contribution in [0.5, 0.6) is 0 Å². The smallest absolute Gasteiger partial charge is 0.258 e. The van der Waals surface area contributed by atoms with E-state index in [0.717, 1.165) is 5.56 Å². The molecule has 2 N–H and O–H groups in total. The molecule has 22 heavy (non-hydrogen) atoms. The van der Waals surface area contributed by atoms with Gasteiger partial charge in [-0.05, 0) is 25.6 Å². The molecular weight excluding hydrogens is 282 g/mol. The summed E-state index contributed by atoms with van der Waals surface area (Å²) in [5.41, 5.74) is 1.60. The molecule has 2 rings (SSSR count). The number of aryl methyl sites for hydroxylation is 1. The van der Waals surface area contributed by atoms with Crippen molar-refractivity contribution in [3.05, 3.63) is 46.0 Å². The van der Waals surface area contributed by atoms with Crippen molar-refractivity contribution < 1.29 is 10.2 Å².